The number of piperazine rings is 1. The molecule has 1 N–H and O–H groups in total. The molecule has 0 aliphatic carbocycles. The molecule has 7 nitrogen and oxygen atoms in total. The molecule has 0 saturated carbocycles. The van der Waals surface area contributed by atoms with E-state index in [2.05, 4.69) is 54.7 Å². The van der Waals surface area contributed by atoms with Gasteiger partial charge >= 0.3 is 0 Å². The SMILES string of the molecule is CCNC(=NCCC(=O)N1CCN(c2ccccn2)CC1)N1CC(C)(C)C1(C)C.I. The number of hydrogen-bond acceptors (Lipinski definition) is 4. The van der Waals surface area contributed by atoms with Gasteiger partial charge in [0.25, 0.3) is 0 Å². The van der Waals surface area contributed by atoms with Crippen molar-refractivity contribution < 1.29 is 4.79 Å². The van der Waals surface area contributed by atoms with E-state index in [1.165, 1.54) is 0 Å². The molecule has 3 rings (SSSR count). The highest BCUT2D eigenvalue weighted by Crippen LogP contribution is 2.46. The predicted molar refractivity (Wildman–Crippen MR) is 134 cm³/mol. The molecule has 168 valence electrons. The molecule has 2 saturated heterocycles. The molecule has 0 bridgehead atoms. The van der Waals surface area contributed by atoms with Gasteiger partial charge in [-0.15, -0.1) is 24.0 Å². The first-order chi connectivity index (χ1) is 13.8. The Morgan fingerprint density at radius 1 is 1.17 bits per heavy atom. The summed E-state index contributed by atoms with van der Waals surface area (Å²) >= 11 is 0. The lowest BCUT2D eigenvalue weighted by atomic mass is 9.65. The lowest BCUT2D eigenvalue weighted by Crippen LogP contribution is -2.72. The number of pyridine rings is 1. The van der Waals surface area contributed by atoms with E-state index >= 15 is 0 Å². The average molecular weight is 528 g/mol. The summed E-state index contributed by atoms with van der Waals surface area (Å²) in [6, 6.07) is 5.95. The summed E-state index contributed by atoms with van der Waals surface area (Å²) in [5.41, 5.74) is 0.312. The second-order valence-electron chi connectivity index (χ2n) is 9.07. The van der Waals surface area contributed by atoms with Crippen molar-refractivity contribution in [2.45, 2.75) is 46.6 Å². The molecule has 1 aromatic rings. The Labute approximate surface area is 198 Å². The van der Waals surface area contributed by atoms with Crippen LogP contribution in [0.5, 0.6) is 0 Å². The van der Waals surface area contributed by atoms with Gasteiger partial charge in [-0.3, -0.25) is 9.79 Å². The first kappa shape index (κ1) is 24.7. The Hall–Kier alpha value is -1.58. The lowest BCUT2D eigenvalue weighted by Gasteiger charge is -2.62. The van der Waals surface area contributed by atoms with Crippen LogP contribution in [0.4, 0.5) is 5.82 Å². The van der Waals surface area contributed by atoms with Crippen LogP contribution in [-0.4, -0.2) is 78.0 Å². The fourth-order valence-corrected chi connectivity index (χ4v) is 3.94. The molecule has 0 atom stereocenters. The van der Waals surface area contributed by atoms with Crippen LogP contribution >= 0.6 is 24.0 Å². The number of rotatable bonds is 5. The van der Waals surface area contributed by atoms with E-state index in [4.69, 9.17) is 4.99 Å². The highest BCUT2D eigenvalue weighted by Gasteiger charge is 2.53. The second-order valence-corrected chi connectivity index (χ2v) is 9.07. The number of hydrogen-bond donors (Lipinski definition) is 1. The van der Waals surface area contributed by atoms with Gasteiger partial charge in [0.1, 0.15) is 5.82 Å². The molecular formula is C22H37IN6O. The summed E-state index contributed by atoms with van der Waals surface area (Å²) in [6.45, 7) is 16.7. The van der Waals surface area contributed by atoms with Crippen LogP contribution in [0.15, 0.2) is 29.4 Å². The van der Waals surface area contributed by atoms with Crippen molar-refractivity contribution in [1.29, 1.82) is 0 Å². The fourth-order valence-electron chi connectivity index (χ4n) is 3.94. The van der Waals surface area contributed by atoms with Gasteiger partial charge < -0.3 is 20.0 Å². The number of carbonyl (C=O) groups is 1. The molecule has 0 unspecified atom stereocenters. The number of anilines is 1. The molecule has 2 aliphatic heterocycles. The van der Waals surface area contributed by atoms with E-state index in [0.29, 0.717) is 13.0 Å². The van der Waals surface area contributed by atoms with Gasteiger partial charge in [0.05, 0.1) is 6.54 Å². The molecule has 1 amide bonds. The van der Waals surface area contributed by atoms with Gasteiger partial charge in [-0.1, -0.05) is 19.9 Å². The Morgan fingerprint density at radius 3 is 2.40 bits per heavy atom. The average Bonchev–Trinajstić information content (AvgIpc) is 2.72. The van der Waals surface area contributed by atoms with E-state index < -0.39 is 0 Å². The molecule has 3 heterocycles. The molecule has 1 aromatic heterocycles. The van der Waals surface area contributed by atoms with Gasteiger partial charge in [0.2, 0.25) is 5.91 Å². The molecule has 0 spiro atoms. The molecule has 0 aromatic carbocycles. The van der Waals surface area contributed by atoms with Gasteiger partial charge in [-0.25, -0.2) is 4.98 Å². The largest absolute Gasteiger partial charge is 0.356 e. The number of carbonyl (C=O) groups excluding carboxylic acids is 1. The third kappa shape index (κ3) is 5.18. The van der Waals surface area contributed by atoms with Crippen LogP contribution in [0.25, 0.3) is 0 Å². The number of nitrogens with one attached hydrogen (secondary N) is 1. The number of aromatic nitrogens is 1. The quantitative estimate of drug-likeness (QED) is 0.362. The first-order valence-electron chi connectivity index (χ1n) is 10.8. The highest BCUT2D eigenvalue weighted by molar-refractivity contribution is 14.0. The Bertz CT molecular complexity index is 728. The van der Waals surface area contributed by atoms with Crippen LogP contribution in [0.3, 0.4) is 0 Å². The number of nitrogens with zero attached hydrogens (tertiary/aromatic N) is 5. The maximum Gasteiger partial charge on any atom is 0.224 e. The molecule has 2 fully saturated rings. The molecule has 0 radical (unpaired) electrons. The predicted octanol–water partition coefficient (Wildman–Crippen LogP) is 2.82. The van der Waals surface area contributed by atoms with Crippen LogP contribution < -0.4 is 10.2 Å². The standard InChI is InChI=1S/C22H36N6O.HI/c1-6-23-20(28-17-21(2,3)22(28,4)5)25-12-10-19(29)27-15-13-26(14-16-27)18-9-7-8-11-24-18;/h7-9,11H,6,10,12-17H2,1-5H3,(H,23,25);1H. The van der Waals surface area contributed by atoms with E-state index in [1.54, 1.807) is 0 Å². The highest BCUT2D eigenvalue weighted by atomic mass is 127. The Balaban J connectivity index is 0.00000320. The van der Waals surface area contributed by atoms with Crippen molar-refractivity contribution in [3.63, 3.8) is 0 Å². The van der Waals surface area contributed by atoms with Crippen molar-refractivity contribution in [3.05, 3.63) is 24.4 Å². The van der Waals surface area contributed by atoms with Crippen LogP contribution in [0, 0.1) is 5.41 Å². The molecule has 2 aliphatic rings. The third-order valence-corrected chi connectivity index (χ3v) is 6.67. The third-order valence-electron chi connectivity index (χ3n) is 6.67. The second kappa shape index (κ2) is 10.2. The monoisotopic (exact) mass is 528 g/mol. The number of guanidine groups is 1. The molecule has 30 heavy (non-hydrogen) atoms. The maximum absolute atomic E-state index is 12.7. The fraction of sp³-hybridized carbons (Fsp3) is 0.682. The van der Waals surface area contributed by atoms with Crippen LogP contribution in [0.1, 0.15) is 41.0 Å². The summed E-state index contributed by atoms with van der Waals surface area (Å²) in [6.07, 6.45) is 2.27. The van der Waals surface area contributed by atoms with Crippen molar-refractivity contribution in [2.24, 2.45) is 10.4 Å². The molecular weight excluding hydrogens is 491 g/mol. The normalized spacial score (nSPS) is 20.3. The van der Waals surface area contributed by atoms with Gasteiger partial charge in [0, 0.05) is 62.8 Å². The first-order valence-corrected chi connectivity index (χ1v) is 10.8. The van der Waals surface area contributed by atoms with Crippen LogP contribution in [0.2, 0.25) is 0 Å². The summed E-state index contributed by atoms with van der Waals surface area (Å²) in [5.74, 6) is 2.10. The number of amides is 1. The van der Waals surface area contributed by atoms with E-state index in [1.807, 2.05) is 29.3 Å². The van der Waals surface area contributed by atoms with Crippen molar-refractivity contribution in [3.8, 4) is 0 Å². The van der Waals surface area contributed by atoms with Gasteiger partial charge in [-0.05, 0) is 32.9 Å². The Morgan fingerprint density at radius 2 is 1.87 bits per heavy atom. The smallest absolute Gasteiger partial charge is 0.224 e. The summed E-state index contributed by atoms with van der Waals surface area (Å²) in [5, 5.41) is 3.39. The minimum absolute atomic E-state index is 0. The topological polar surface area (TPSA) is 64.1 Å². The zero-order chi connectivity index (χ0) is 21.1. The number of aliphatic imine (C=N–C) groups is 1. The summed E-state index contributed by atoms with van der Waals surface area (Å²) < 4.78 is 0. The minimum Gasteiger partial charge on any atom is -0.356 e. The number of halogens is 1. The summed E-state index contributed by atoms with van der Waals surface area (Å²) in [4.78, 5) is 28.3. The molecule has 8 heteroatoms. The lowest BCUT2D eigenvalue weighted by molar-refractivity contribution is -0.131. The van der Waals surface area contributed by atoms with Gasteiger partial charge in [-0.2, -0.15) is 0 Å². The zero-order valence-electron chi connectivity index (χ0n) is 19.0. The van der Waals surface area contributed by atoms with Crippen molar-refractivity contribution >= 4 is 41.7 Å². The zero-order valence-corrected chi connectivity index (χ0v) is 21.3. The van der Waals surface area contributed by atoms with Crippen molar-refractivity contribution in [1.82, 2.24) is 20.1 Å². The van der Waals surface area contributed by atoms with E-state index in [9.17, 15) is 4.79 Å². The summed E-state index contributed by atoms with van der Waals surface area (Å²) in [7, 11) is 0. The van der Waals surface area contributed by atoms with E-state index in [-0.39, 0.29) is 40.8 Å². The van der Waals surface area contributed by atoms with Crippen LogP contribution in [-0.2, 0) is 4.79 Å². The number of likely N-dealkylation sites (tertiary alicyclic amines) is 1. The maximum atomic E-state index is 12.7. The minimum atomic E-state index is 0. The van der Waals surface area contributed by atoms with Gasteiger partial charge in [0.15, 0.2) is 5.96 Å². The van der Waals surface area contributed by atoms with E-state index in [0.717, 1.165) is 51.0 Å². The Kier molecular flexibility index (Phi) is 8.35. The van der Waals surface area contributed by atoms with Crippen molar-refractivity contribution in [2.75, 3.05) is 50.7 Å².